The molecule has 1 aromatic heterocycles. The van der Waals surface area contributed by atoms with Crippen LogP contribution in [0.4, 0.5) is 0 Å². The number of hydrogen-bond donors (Lipinski definition) is 2. The van der Waals surface area contributed by atoms with Gasteiger partial charge in [-0.3, -0.25) is 9.59 Å². The molecule has 1 aliphatic rings. The van der Waals surface area contributed by atoms with E-state index in [0.29, 0.717) is 0 Å². The van der Waals surface area contributed by atoms with E-state index < -0.39 is 11.7 Å². The van der Waals surface area contributed by atoms with Crippen molar-refractivity contribution in [3.05, 3.63) is 47.9 Å². The van der Waals surface area contributed by atoms with E-state index in [4.69, 9.17) is 9.63 Å². The van der Waals surface area contributed by atoms with E-state index in [1.807, 2.05) is 6.07 Å². The van der Waals surface area contributed by atoms with Crippen LogP contribution in [0.3, 0.4) is 0 Å². The predicted octanol–water partition coefficient (Wildman–Crippen LogP) is 1.63. The predicted molar refractivity (Wildman–Crippen MR) is 72.8 cm³/mol. The maximum absolute atomic E-state index is 11.9. The average molecular weight is 286 g/mol. The summed E-state index contributed by atoms with van der Waals surface area (Å²) < 4.78 is 4.78. The topological polar surface area (TPSA) is 92.4 Å². The van der Waals surface area contributed by atoms with E-state index in [2.05, 4.69) is 10.5 Å². The molecule has 6 heteroatoms. The quantitative estimate of drug-likeness (QED) is 0.658. The lowest BCUT2D eigenvalue weighted by Gasteiger charge is -2.34. The summed E-state index contributed by atoms with van der Waals surface area (Å²) in [6.07, 6.45) is 3.03. The first-order chi connectivity index (χ1) is 10.1. The van der Waals surface area contributed by atoms with Gasteiger partial charge in [0, 0.05) is 23.6 Å². The van der Waals surface area contributed by atoms with E-state index in [0.717, 1.165) is 18.5 Å². The first kappa shape index (κ1) is 13.4. The number of benzene rings is 1. The van der Waals surface area contributed by atoms with Crippen molar-refractivity contribution in [2.24, 2.45) is 0 Å². The summed E-state index contributed by atoms with van der Waals surface area (Å²) in [4.78, 5) is 23.8. The molecule has 0 aliphatic heterocycles. The average Bonchev–Trinajstić information content (AvgIpc) is 2.95. The van der Waals surface area contributed by atoms with Crippen LogP contribution in [-0.2, 0) is 4.79 Å². The van der Waals surface area contributed by atoms with E-state index in [1.54, 1.807) is 0 Å². The summed E-state index contributed by atoms with van der Waals surface area (Å²) in [6.45, 7) is 0. The maximum Gasteiger partial charge on any atom is 0.292 e. The molecule has 1 aliphatic carbocycles. The number of rotatable bonds is 4. The van der Waals surface area contributed by atoms with Gasteiger partial charge >= 0.3 is 0 Å². The molecule has 0 bridgehead atoms. The number of phenols is 1. The number of nitrogens with one attached hydrogen (secondary N) is 1. The highest BCUT2D eigenvalue weighted by Gasteiger charge is 2.34. The third-order valence-electron chi connectivity index (χ3n) is 3.69. The largest absolute Gasteiger partial charge is 0.508 e. The number of aromatic nitrogens is 1. The number of phenolic OH excluding ortho intramolecular Hbond substituents is 1. The van der Waals surface area contributed by atoms with Gasteiger partial charge in [-0.1, -0.05) is 5.16 Å². The summed E-state index contributed by atoms with van der Waals surface area (Å²) in [5, 5.41) is 15.7. The number of hydrogen-bond acceptors (Lipinski definition) is 5. The van der Waals surface area contributed by atoms with Gasteiger partial charge in [0.15, 0.2) is 0 Å². The number of Topliss-reactive ketones (excluding diaryl/α,β-unsaturated/α-hetero) is 1. The first-order valence-electron chi connectivity index (χ1n) is 6.68. The molecule has 1 saturated carbocycles. The highest BCUT2D eigenvalue weighted by Crippen LogP contribution is 2.35. The molecule has 3 rings (SSSR count). The zero-order valence-corrected chi connectivity index (χ0v) is 11.2. The van der Waals surface area contributed by atoms with Gasteiger partial charge in [-0.15, -0.1) is 0 Å². The second kappa shape index (κ2) is 5.40. The molecule has 0 unspecified atom stereocenters. The first-order valence-corrected chi connectivity index (χ1v) is 6.68. The number of carbonyl (C=O) groups is 2. The highest BCUT2D eigenvalue weighted by molar-refractivity contribution is 6.42. The van der Waals surface area contributed by atoms with Gasteiger partial charge in [-0.2, -0.15) is 0 Å². The lowest BCUT2D eigenvalue weighted by Crippen LogP contribution is -2.46. The minimum Gasteiger partial charge on any atom is -0.508 e. The Kier molecular flexibility index (Phi) is 3.43. The van der Waals surface area contributed by atoms with Crippen LogP contribution in [0.1, 0.15) is 34.8 Å². The van der Waals surface area contributed by atoms with Gasteiger partial charge in [0.05, 0.1) is 5.69 Å². The fourth-order valence-corrected chi connectivity index (χ4v) is 2.40. The van der Waals surface area contributed by atoms with Crippen LogP contribution < -0.4 is 5.32 Å². The second-order valence-corrected chi connectivity index (χ2v) is 5.14. The van der Waals surface area contributed by atoms with Crippen LogP contribution in [0.5, 0.6) is 5.75 Å². The zero-order valence-electron chi connectivity index (χ0n) is 11.2. The summed E-state index contributed by atoms with van der Waals surface area (Å²) >= 11 is 0. The van der Waals surface area contributed by atoms with Crippen LogP contribution in [-0.4, -0.2) is 28.0 Å². The lowest BCUT2D eigenvalue weighted by atomic mass is 9.78. The molecule has 0 atom stereocenters. The van der Waals surface area contributed by atoms with Crippen molar-refractivity contribution >= 4 is 11.7 Å². The van der Waals surface area contributed by atoms with Gasteiger partial charge in [0.25, 0.3) is 5.91 Å². The SMILES string of the molecule is O=C(NC1CC(c2ccon2)C1)C(=O)c1ccc(O)cc1. The van der Waals surface area contributed by atoms with Crippen molar-refractivity contribution in [1.29, 1.82) is 0 Å². The molecule has 0 radical (unpaired) electrons. The van der Waals surface area contributed by atoms with Crippen molar-refractivity contribution in [2.45, 2.75) is 24.8 Å². The molecular formula is C15H14N2O4. The van der Waals surface area contributed by atoms with Crippen LogP contribution in [0.15, 0.2) is 41.1 Å². The molecule has 0 saturated heterocycles. The molecule has 1 fully saturated rings. The Balaban J connectivity index is 1.53. The van der Waals surface area contributed by atoms with Crippen LogP contribution >= 0.6 is 0 Å². The number of nitrogens with zero attached hydrogens (tertiary/aromatic N) is 1. The highest BCUT2D eigenvalue weighted by atomic mass is 16.5. The Labute approximate surface area is 120 Å². The molecule has 108 valence electrons. The minimum atomic E-state index is -0.621. The number of carbonyl (C=O) groups excluding carboxylic acids is 2. The standard InChI is InChI=1S/C15H14N2O4/c18-12-3-1-9(2-4-12)14(19)15(20)16-11-7-10(8-11)13-5-6-21-17-13/h1-6,10-11,18H,7-8H2,(H,16,20). The number of aromatic hydroxyl groups is 1. The fraction of sp³-hybridized carbons (Fsp3) is 0.267. The smallest absolute Gasteiger partial charge is 0.292 e. The van der Waals surface area contributed by atoms with E-state index >= 15 is 0 Å². The Morgan fingerprint density at radius 1 is 1.19 bits per heavy atom. The van der Waals surface area contributed by atoms with Gasteiger partial charge in [0.2, 0.25) is 5.78 Å². The number of ketones is 1. The Hall–Kier alpha value is -2.63. The van der Waals surface area contributed by atoms with E-state index in [1.165, 1.54) is 30.5 Å². The Morgan fingerprint density at radius 3 is 2.52 bits per heavy atom. The third kappa shape index (κ3) is 2.79. The van der Waals surface area contributed by atoms with Crippen LogP contribution in [0.2, 0.25) is 0 Å². The number of amides is 1. The van der Waals surface area contributed by atoms with Crippen LogP contribution in [0.25, 0.3) is 0 Å². The Bertz CT molecular complexity index is 643. The molecule has 6 nitrogen and oxygen atoms in total. The van der Waals surface area contributed by atoms with Gasteiger partial charge in [0.1, 0.15) is 12.0 Å². The van der Waals surface area contributed by atoms with Crippen molar-refractivity contribution < 1.29 is 19.2 Å². The molecule has 0 spiro atoms. The second-order valence-electron chi connectivity index (χ2n) is 5.14. The molecule has 21 heavy (non-hydrogen) atoms. The van der Waals surface area contributed by atoms with Gasteiger partial charge in [-0.05, 0) is 37.1 Å². The summed E-state index contributed by atoms with van der Waals surface area (Å²) in [5.74, 6) is -0.886. The van der Waals surface area contributed by atoms with E-state index in [9.17, 15) is 9.59 Å². The van der Waals surface area contributed by atoms with Crippen molar-refractivity contribution in [3.63, 3.8) is 0 Å². The minimum absolute atomic E-state index is 0.0136. The molecule has 2 aromatic rings. The summed E-state index contributed by atoms with van der Waals surface area (Å²) in [6, 6.07) is 7.41. The van der Waals surface area contributed by atoms with Gasteiger partial charge < -0.3 is 14.9 Å². The van der Waals surface area contributed by atoms with E-state index in [-0.39, 0.29) is 23.3 Å². The molecular weight excluding hydrogens is 272 g/mol. The normalized spacial score (nSPS) is 20.6. The van der Waals surface area contributed by atoms with Crippen molar-refractivity contribution in [2.75, 3.05) is 0 Å². The zero-order chi connectivity index (χ0) is 14.8. The molecule has 2 N–H and O–H groups in total. The summed E-state index contributed by atoms with van der Waals surface area (Å²) in [5.41, 5.74) is 1.14. The fourth-order valence-electron chi connectivity index (χ4n) is 2.40. The maximum atomic E-state index is 11.9. The monoisotopic (exact) mass is 286 g/mol. The summed E-state index contributed by atoms with van der Waals surface area (Å²) in [7, 11) is 0. The molecule has 1 amide bonds. The van der Waals surface area contributed by atoms with Crippen molar-refractivity contribution in [1.82, 2.24) is 10.5 Å². The molecule has 1 heterocycles. The van der Waals surface area contributed by atoms with Gasteiger partial charge in [-0.25, -0.2) is 0 Å². The van der Waals surface area contributed by atoms with Crippen LogP contribution in [0, 0.1) is 0 Å². The third-order valence-corrected chi connectivity index (χ3v) is 3.69. The van der Waals surface area contributed by atoms with Crippen molar-refractivity contribution in [3.8, 4) is 5.75 Å². The molecule has 1 aromatic carbocycles. The Morgan fingerprint density at radius 2 is 1.90 bits per heavy atom. The lowest BCUT2D eigenvalue weighted by molar-refractivity contribution is -0.118.